The highest BCUT2D eigenvalue weighted by Crippen LogP contribution is 2.69. The van der Waals surface area contributed by atoms with Crippen molar-refractivity contribution in [1.82, 2.24) is 0 Å². The van der Waals surface area contributed by atoms with E-state index in [-0.39, 0.29) is 0 Å². The third-order valence-electron chi connectivity index (χ3n) is 4.33. The Labute approximate surface area is 109 Å². The van der Waals surface area contributed by atoms with E-state index in [9.17, 15) is 0 Å². The van der Waals surface area contributed by atoms with Crippen LogP contribution in [0.15, 0.2) is 0 Å². The molecule has 0 atom stereocenters. The average Bonchev–Trinajstić information content (AvgIpc) is 2.40. The molecule has 2 aliphatic carbocycles. The Hall–Kier alpha value is 0.960. The molecule has 0 heterocycles. The first-order valence-electron chi connectivity index (χ1n) is 6.75. The maximum absolute atomic E-state index is 6.09. The first-order chi connectivity index (χ1) is 7.77. The molecule has 94 valence electrons. The van der Waals surface area contributed by atoms with E-state index in [2.05, 4.69) is 0 Å². The van der Waals surface area contributed by atoms with E-state index in [0.717, 1.165) is 11.3 Å². The van der Waals surface area contributed by atoms with Crippen molar-refractivity contribution >= 4 is 28.6 Å². The second kappa shape index (κ2) is 6.22. The molecule has 0 radical (unpaired) electrons. The lowest BCUT2D eigenvalue weighted by molar-refractivity contribution is 0.488. The highest BCUT2D eigenvalue weighted by atomic mass is 32.9. The monoisotopic (exact) mass is 277 g/mol. The van der Waals surface area contributed by atoms with Crippen LogP contribution in [0.5, 0.6) is 0 Å². The normalized spacial score (nSPS) is 25.8. The average molecular weight is 277 g/mol. The van der Waals surface area contributed by atoms with E-state index < -0.39 is 5.24 Å². The van der Waals surface area contributed by atoms with Gasteiger partial charge in [0, 0.05) is 5.24 Å². The topological polar surface area (TPSA) is 26.0 Å². The molecule has 2 aliphatic rings. The molecule has 0 aromatic heterocycles. The van der Waals surface area contributed by atoms with E-state index in [0.29, 0.717) is 0 Å². The minimum Gasteiger partial charge on any atom is -0.273 e. The van der Waals surface area contributed by atoms with Crippen LogP contribution in [0.3, 0.4) is 0 Å². The van der Waals surface area contributed by atoms with Gasteiger partial charge in [0.1, 0.15) is 0 Å². The standard InChI is InChI=1S/C12H24NPS2/c13-16-14(15,11-7-3-1-4-8-11)12-9-5-2-6-10-12/h11-12H,1-10,13H2. The number of hydrogen-bond donors (Lipinski definition) is 1. The van der Waals surface area contributed by atoms with Gasteiger partial charge in [0.2, 0.25) is 0 Å². The Bertz CT molecular complexity index is 236. The fourth-order valence-corrected chi connectivity index (χ4v) is 10.0. The summed E-state index contributed by atoms with van der Waals surface area (Å²) in [4.78, 5) is 0. The van der Waals surface area contributed by atoms with Crippen molar-refractivity contribution in [2.24, 2.45) is 5.14 Å². The Morgan fingerprint density at radius 1 is 0.812 bits per heavy atom. The highest BCUT2D eigenvalue weighted by Gasteiger charge is 2.37. The molecule has 0 bridgehead atoms. The molecule has 0 amide bonds. The molecule has 16 heavy (non-hydrogen) atoms. The van der Waals surface area contributed by atoms with Crippen LogP contribution in [0.25, 0.3) is 0 Å². The number of rotatable bonds is 3. The van der Waals surface area contributed by atoms with Crippen molar-refractivity contribution in [3.05, 3.63) is 0 Å². The molecule has 2 N–H and O–H groups in total. The predicted molar refractivity (Wildman–Crippen MR) is 79.8 cm³/mol. The lowest BCUT2D eigenvalue weighted by atomic mass is 10.00. The van der Waals surface area contributed by atoms with Gasteiger partial charge in [-0.2, -0.15) is 0 Å². The van der Waals surface area contributed by atoms with Crippen LogP contribution in [0.1, 0.15) is 64.2 Å². The Kier molecular flexibility index (Phi) is 5.21. The van der Waals surface area contributed by atoms with Gasteiger partial charge in [0.25, 0.3) is 0 Å². The summed E-state index contributed by atoms with van der Waals surface area (Å²) in [7, 11) is 0. The zero-order chi connectivity index (χ0) is 11.4. The SMILES string of the molecule is NSP(=S)(C1CCCCC1)C1CCCCC1. The van der Waals surface area contributed by atoms with Crippen LogP contribution >= 0.6 is 16.8 Å². The number of hydrogen-bond acceptors (Lipinski definition) is 3. The second-order valence-electron chi connectivity index (χ2n) is 5.33. The molecule has 1 nitrogen and oxygen atoms in total. The Balaban J connectivity index is 2.06. The van der Waals surface area contributed by atoms with E-state index in [1.807, 2.05) is 0 Å². The molecule has 0 aliphatic heterocycles. The largest absolute Gasteiger partial charge is 0.273 e. The summed E-state index contributed by atoms with van der Waals surface area (Å²) in [5.41, 5.74) is 1.63. The minimum atomic E-state index is -1.32. The van der Waals surface area contributed by atoms with Crippen molar-refractivity contribution in [1.29, 1.82) is 0 Å². The van der Waals surface area contributed by atoms with E-state index in [1.165, 1.54) is 64.2 Å². The summed E-state index contributed by atoms with van der Waals surface area (Å²) >= 11 is 7.70. The Morgan fingerprint density at radius 2 is 1.19 bits per heavy atom. The molecule has 2 fully saturated rings. The lowest BCUT2D eigenvalue weighted by Gasteiger charge is -2.39. The quantitative estimate of drug-likeness (QED) is 0.600. The van der Waals surface area contributed by atoms with Crippen LogP contribution in [0, 0.1) is 0 Å². The van der Waals surface area contributed by atoms with Crippen LogP contribution < -0.4 is 5.14 Å². The maximum atomic E-state index is 6.09. The third-order valence-corrected chi connectivity index (χ3v) is 13.1. The molecule has 0 spiro atoms. The van der Waals surface area contributed by atoms with Crippen molar-refractivity contribution in [3.8, 4) is 0 Å². The molecule has 4 heteroatoms. The molecular formula is C12H24NPS2. The highest BCUT2D eigenvalue weighted by molar-refractivity contribution is 8.70. The summed E-state index contributed by atoms with van der Waals surface area (Å²) in [6, 6.07) is 0. The van der Waals surface area contributed by atoms with Gasteiger partial charge in [0.15, 0.2) is 0 Å². The van der Waals surface area contributed by atoms with Crippen molar-refractivity contribution in [2.45, 2.75) is 75.5 Å². The maximum Gasteiger partial charge on any atom is 0.0279 e. The lowest BCUT2D eigenvalue weighted by Crippen LogP contribution is -2.22. The smallest absolute Gasteiger partial charge is 0.0279 e. The number of nitrogens with two attached hydrogens (primary N) is 1. The van der Waals surface area contributed by atoms with Gasteiger partial charge in [-0.3, -0.25) is 5.14 Å². The first kappa shape index (κ1) is 13.4. The van der Waals surface area contributed by atoms with E-state index in [1.54, 1.807) is 11.6 Å². The summed E-state index contributed by atoms with van der Waals surface area (Å²) < 4.78 is 0. The van der Waals surface area contributed by atoms with E-state index >= 15 is 0 Å². The molecule has 2 saturated carbocycles. The Morgan fingerprint density at radius 3 is 1.50 bits per heavy atom. The van der Waals surface area contributed by atoms with Gasteiger partial charge < -0.3 is 0 Å². The zero-order valence-corrected chi connectivity index (χ0v) is 12.6. The summed E-state index contributed by atoms with van der Waals surface area (Å²) in [5, 5.41) is 4.71. The van der Waals surface area contributed by atoms with Crippen LogP contribution in [-0.2, 0) is 11.8 Å². The van der Waals surface area contributed by atoms with Crippen LogP contribution in [-0.4, -0.2) is 11.3 Å². The van der Waals surface area contributed by atoms with Gasteiger partial charge >= 0.3 is 0 Å². The van der Waals surface area contributed by atoms with Crippen LogP contribution in [0.4, 0.5) is 0 Å². The van der Waals surface area contributed by atoms with Gasteiger partial charge in [0.05, 0.1) is 0 Å². The van der Waals surface area contributed by atoms with Gasteiger partial charge in [-0.25, -0.2) is 0 Å². The second-order valence-corrected chi connectivity index (χ2v) is 13.2. The van der Waals surface area contributed by atoms with E-state index in [4.69, 9.17) is 16.9 Å². The first-order valence-corrected chi connectivity index (χ1v) is 11.2. The fourth-order valence-electron chi connectivity index (χ4n) is 3.35. The minimum absolute atomic E-state index is 0.814. The van der Waals surface area contributed by atoms with Gasteiger partial charge in [-0.15, -0.1) is 0 Å². The van der Waals surface area contributed by atoms with Crippen molar-refractivity contribution in [3.63, 3.8) is 0 Å². The molecule has 0 aromatic rings. The molecule has 0 unspecified atom stereocenters. The molecule has 2 rings (SSSR count). The molecule has 0 aromatic carbocycles. The summed E-state index contributed by atoms with van der Waals surface area (Å²) in [5.74, 6) is 0. The van der Waals surface area contributed by atoms with Crippen molar-refractivity contribution < 1.29 is 0 Å². The van der Waals surface area contributed by atoms with Gasteiger partial charge in [-0.05, 0) is 48.6 Å². The molecule has 0 saturated heterocycles. The summed E-state index contributed by atoms with van der Waals surface area (Å²) in [6.45, 7) is 0. The summed E-state index contributed by atoms with van der Waals surface area (Å²) in [6.07, 6.45) is 13.9. The van der Waals surface area contributed by atoms with Crippen molar-refractivity contribution in [2.75, 3.05) is 0 Å². The third kappa shape index (κ3) is 2.85. The zero-order valence-electron chi connectivity index (χ0n) is 10.1. The predicted octanol–water partition coefficient (Wildman–Crippen LogP) is 4.65. The molecular weight excluding hydrogens is 253 g/mol. The van der Waals surface area contributed by atoms with Crippen LogP contribution in [0.2, 0.25) is 0 Å². The fraction of sp³-hybridized carbons (Fsp3) is 1.00. The van der Waals surface area contributed by atoms with Gasteiger partial charge in [-0.1, -0.05) is 50.3 Å².